The normalized spacial score (nSPS) is 12.9. The maximum Gasteiger partial charge on any atom is 0.306 e. The van der Waals surface area contributed by atoms with Crippen molar-refractivity contribution in [3.8, 4) is 0 Å². The Morgan fingerprint density at radius 1 is 0.812 bits per heavy atom. The second-order valence-corrected chi connectivity index (χ2v) is 8.76. The average molecular weight is 449 g/mol. The fourth-order valence-electron chi connectivity index (χ4n) is 3.97. The van der Waals surface area contributed by atoms with Crippen LogP contribution < -0.4 is 0 Å². The number of benzene rings is 1. The number of esters is 1. The van der Waals surface area contributed by atoms with E-state index in [0.717, 1.165) is 24.8 Å². The summed E-state index contributed by atoms with van der Waals surface area (Å²) in [6.07, 6.45) is 14.3. The summed E-state index contributed by atoms with van der Waals surface area (Å²) in [5.74, 6) is -1.34. The molecule has 1 aromatic carbocycles. The second kappa shape index (κ2) is 18.7. The zero-order valence-corrected chi connectivity index (χ0v) is 20.2. The molecule has 1 N–H and O–H groups in total. The van der Waals surface area contributed by atoms with Crippen molar-refractivity contribution in [2.24, 2.45) is 0 Å². The van der Waals surface area contributed by atoms with Crippen LogP contribution in [0.5, 0.6) is 0 Å². The number of carbonyl (C=O) groups excluding carboxylic acids is 1. The molecule has 182 valence electrons. The third kappa shape index (κ3) is 15.0. The van der Waals surface area contributed by atoms with E-state index in [0.29, 0.717) is 13.0 Å². The number of aliphatic carboxylic acids is 1. The molecule has 5 heteroatoms. The van der Waals surface area contributed by atoms with Crippen LogP contribution in [0.15, 0.2) is 30.3 Å². The van der Waals surface area contributed by atoms with E-state index >= 15 is 0 Å². The van der Waals surface area contributed by atoms with Gasteiger partial charge in [-0.3, -0.25) is 9.59 Å². The Labute approximate surface area is 194 Å². The van der Waals surface area contributed by atoms with Gasteiger partial charge in [0.2, 0.25) is 0 Å². The fraction of sp³-hybridized carbons (Fsp3) is 0.704. The van der Waals surface area contributed by atoms with Gasteiger partial charge in [0.25, 0.3) is 0 Å². The van der Waals surface area contributed by atoms with Gasteiger partial charge in [-0.2, -0.15) is 0 Å². The lowest BCUT2D eigenvalue weighted by Gasteiger charge is -2.26. The highest BCUT2D eigenvalue weighted by Crippen LogP contribution is 2.19. The molecule has 0 radical (unpaired) electrons. The minimum absolute atomic E-state index is 0.178. The number of carbonyl (C=O) groups is 2. The van der Waals surface area contributed by atoms with Crippen molar-refractivity contribution in [3.05, 3.63) is 35.9 Å². The van der Waals surface area contributed by atoms with E-state index in [1.165, 1.54) is 64.7 Å². The summed E-state index contributed by atoms with van der Waals surface area (Å²) < 4.78 is 11.4. The molecule has 0 bridgehead atoms. The Hall–Kier alpha value is -1.88. The van der Waals surface area contributed by atoms with Crippen molar-refractivity contribution in [1.29, 1.82) is 0 Å². The van der Waals surface area contributed by atoms with Crippen LogP contribution in [0.25, 0.3) is 0 Å². The first-order valence-electron chi connectivity index (χ1n) is 12.6. The first kappa shape index (κ1) is 28.2. The first-order chi connectivity index (χ1) is 15.5. The summed E-state index contributed by atoms with van der Waals surface area (Å²) in [4.78, 5) is 23.0. The topological polar surface area (TPSA) is 72.8 Å². The standard InChI is InChI=1S/C27H44O5/c1-3-4-5-6-7-8-9-10-11-12-13-17-20-25(32-23(2)28)26(21-27(29)30)31-22-24-18-15-14-16-19-24/h14-16,18-19,25-26H,3-13,17,20-22H2,1-2H3,(H,29,30). The van der Waals surface area contributed by atoms with Crippen LogP contribution in [-0.4, -0.2) is 29.3 Å². The molecule has 5 nitrogen and oxygen atoms in total. The molecule has 0 heterocycles. The number of carboxylic acid groups (broad SMARTS) is 1. The Morgan fingerprint density at radius 2 is 1.34 bits per heavy atom. The van der Waals surface area contributed by atoms with Crippen molar-refractivity contribution < 1.29 is 24.2 Å². The van der Waals surface area contributed by atoms with Crippen molar-refractivity contribution >= 4 is 11.9 Å². The summed E-state index contributed by atoms with van der Waals surface area (Å²) in [7, 11) is 0. The molecule has 0 aliphatic heterocycles. The molecule has 1 aromatic rings. The molecule has 2 unspecified atom stereocenters. The predicted octanol–water partition coefficient (Wildman–Crippen LogP) is 7.07. The summed E-state index contributed by atoms with van der Waals surface area (Å²) in [5.41, 5.74) is 0.967. The average Bonchev–Trinajstić information content (AvgIpc) is 2.77. The van der Waals surface area contributed by atoms with E-state index in [1.54, 1.807) is 0 Å². The highest BCUT2D eigenvalue weighted by Gasteiger charge is 2.27. The van der Waals surface area contributed by atoms with Crippen LogP contribution in [0.1, 0.15) is 109 Å². The lowest BCUT2D eigenvalue weighted by Crippen LogP contribution is -2.35. The molecule has 2 atom stereocenters. The van der Waals surface area contributed by atoms with Crippen LogP contribution in [0.2, 0.25) is 0 Å². The molecule has 0 saturated heterocycles. The Balaban J connectivity index is 2.33. The molecule has 0 aliphatic rings. The summed E-state index contributed by atoms with van der Waals surface area (Å²) in [6.45, 7) is 3.91. The zero-order chi connectivity index (χ0) is 23.4. The van der Waals surface area contributed by atoms with Gasteiger partial charge < -0.3 is 14.6 Å². The van der Waals surface area contributed by atoms with Gasteiger partial charge in [-0.05, 0) is 18.4 Å². The van der Waals surface area contributed by atoms with E-state index in [1.807, 2.05) is 30.3 Å². The summed E-state index contributed by atoms with van der Waals surface area (Å²) >= 11 is 0. The quantitative estimate of drug-likeness (QED) is 0.171. The number of ether oxygens (including phenoxy) is 2. The van der Waals surface area contributed by atoms with Gasteiger partial charge in [0.15, 0.2) is 0 Å². The van der Waals surface area contributed by atoms with E-state index in [2.05, 4.69) is 6.92 Å². The number of unbranched alkanes of at least 4 members (excludes halogenated alkanes) is 11. The molecule has 0 amide bonds. The van der Waals surface area contributed by atoms with Gasteiger partial charge in [0, 0.05) is 6.92 Å². The van der Waals surface area contributed by atoms with Crippen molar-refractivity contribution in [2.45, 2.75) is 123 Å². The van der Waals surface area contributed by atoms with Crippen molar-refractivity contribution in [2.75, 3.05) is 0 Å². The molecule has 0 aliphatic carbocycles. The number of rotatable bonds is 20. The summed E-state index contributed by atoms with van der Waals surface area (Å²) in [6, 6.07) is 9.63. The molecular weight excluding hydrogens is 404 g/mol. The monoisotopic (exact) mass is 448 g/mol. The predicted molar refractivity (Wildman–Crippen MR) is 129 cm³/mol. The van der Waals surface area contributed by atoms with Gasteiger partial charge >= 0.3 is 11.9 Å². The molecule has 0 spiro atoms. The van der Waals surface area contributed by atoms with Gasteiger partial charge in [-0.15, -0.1) is 0 Å². The number of hydrogen-bond acceptors (Lipinski definition) is 4. The number of carboxylic acids is 1. The molecule has 0 aromatic heterocycles. The highest BCUT2D eigenvalue weighted by molar-refractivity contribution is 5.68. The Morgan fingerprint density at radius 3 is 1.84 bits per heavy atom. The maximum atomic E-state index is 11.6. The Kier molecular flexibility index (Phi) is 16.4. The van der Waals surface area contributed by atoms with Crippen LogP contribution in [0, 0.1) is 0 Å². The van der Waals surface area contributed by atoms with E-state index < -0.39 is 24.1 Å². The van der Waals surface area contributed by atoms with Crippen molar-refractivity contribution in [3.63, 3.8) is 0 Å². The largest absolute Gasteiger partial charge is 0.481 e. The lowest BCUT2D eigenvalue weighted by molar-refractivity contribution is -0.161. The van der Waals surface area contributed by atoms with Crippen LogP contribution in [0.3, 0.4) is 0 Å². The maximum absolute atomic E-state index is 11.6. The highest BCUT2D eigenvalue weighted by atomic mass is 16.6. The van der Waals surface area contributed by atoms with E-state index in [9.17, 15) is 14.7 Å². The van der Waals surface area contributed by atoms with Gasteiger partial charge in [0.05, 0.1) is 13.0 Å². The van der Waals surface area contributed by atoms with E-state index in [-0.39, 0.29) is 6.42 Å². The molecule has 0 fully saturated rings. The lowest BCUT2D eigenvalue weighted by atomic mass is 10.0. The third-order valence-electron chi connectivity index (χ3n) is 5.76. The van der Waals surface area contributed by atoms with Crippen molar-refractivity contribution in [1.82, 2.24) is 0 Å². The van der Waals surface area contributed by atoms with E-state index in [4.69, 9.17) is 9.47 Å². The minimum atomic E-state index is -0.949. The molecule has 32 heavy (non-hydrogen) atoms. The zero-order valence-electron chi connectivity index (χ0n) is 20.2. The number of hydrogen-bond donors (Lipinski definition) is 1. The smallest absolute Gasteiger partial charge is 0.306 e. The summed E-state index contributed by atoms with van der Waals surface area (Å²) in [5, 5.41) is 9.32. The van der Waals surface area contributed by atoms with Gasteiger partial charge in [-0.25, -0.2) is 0 Å². The third-order valence-corrected chi connectivity index (χ3v) is 5.76. The molecule has 1 rings (SSSR count). The first-order valence-corrected chi connectivity index (χ1v) is 12.6. The Bertz CT molecular complexity index is 601. The minimum Gasteiger partial charge on any atom is -0.481 e. The van der Waals surface area contributed by atoms with Crippen LogP contribution >= 0.6 is 0 Å². The van der Waals surface area contributed by atoms with Gasteiger partial charge in [-0.1, -0.05) is 108 Å². The fourth-order valence-corrected chi connectivity index (χ4v) is 3.97. The van der Waals surface area contributed by atoms with Crippen LogP contribution in [-0.2, 0) is 25.7 Å². The van der Waals surface area contributed by atoms with Crippen LogP contribution in [0.4, 0.5) is 0 Å². The molecular formula is C27H44O5. The molecule has 0 saturated carbocycles. The SMILES string of the molecule is CCCCCCCCCCCCCCC(OC(C)=O)C(CC(=O)O)OCc1ccccc1. The van der Waals surface area contributed by atoms with Gasteiger partial charge in [0.1, 0.15) is 12.2 Å². The second-order valence-electron chi connectivity index (χ2n) is 8.76.